The van der Waals surface area contributed by atoms with Gasteiger partial charge in [-0.1, -0.05) is 24.8 Å². The van der Waals surface area contributed by atoms with Crippen molar-refractivity contribution in [3.05, 3.63) is 77.2 Å². The summed E-state index contributed by atoms with van der Waals surface area (Å²) in [5.41, 5.74) is 6.86. The van der Waals surface area contributed by atoms with Crippen LogP contribution in [0.5, 0.6) is 0 Å². The van der Waals surface area contributed by atoms with E-state index in [1.807, 2.05) is 12.1 Å². The van der Waals surface area contributed by atoms with E-state index in [1.165, 1.54) is 10.4 Å². The van der Waals surface area contributed by atoms with Gasteiger partial charge in [0.1, 0.15) is 0 Å². The van der Waals surface area contributed by atoms with Crippen LogP contribution in [0.1, 0.15) is 28.4 Å². The van der Waals surface area contributed by atoms with Gasteiger partial charge in [0.15, 0.2) is 0 Å². The van der Waals surface area contributed by atoms with Gasteiger partial charge < -0.3 is 16.0 Å². The second-order valence-corrected chi connectivity index (χ2v) is 7.70. The van der Waals surface area contributed by atoms with E-state index < -0.39 is 0 Å². The number of carbonyl (C=O) groups is 1. The number of fused-ring (bicyclic) bond motifs is 1. The second kappa shape index (κ2) is 7.90. The number of amides is 1. The van der Waals surface area contributed by atoms with E-state index in [9.17, 15) is 4.79 Å². The van der Waals surface area contributed by atoms with Gasteiger partial charge in [0.25, 0.3) is 5.91 Å². The number of anilines is 2. The molecule has 2 heterocycles. The van der Waals surface area contributed by atoms with Gasteiger partial charge in [0.2, 0.25) is 0 Å². The molecule has 0 saturated heterocycles. The second-order valence-electron chi connectivity index (χ2n) is 6.75. The maximum atomic E-state index is 12.0. The normalized spacial score (nSPS) is 12.8. The Bertz CT molecular complexity index is 1020. The minimum Gasteiger partial charge on any atom is -0.384 e. The van der Waals surface area contributed by atoms with Crippen molar-refractivity contribution in [1.82, 2.24) is 5.32 Å². The average molecular weight is 390 g/mol. The van der Waals surface area contributed by atoms with Gasteiger partial charge in [-0.3, -0.25) is 4.79 Å². The van der Waals surface area contributed by atoms with Crippen molar-refractivity contribution in [2.75, 3.05) is 23.7 Å². The minimum absolute atomic E-state index is 0.00412. The summed E-state index contributed by atoms with van der Waals surface area (Å²) < 4.78 is 0. The predicted octanol–water partition coefficient (Wildman–Crippen LogP) is 5.22. The lowest BCUT2D eigenvalue weighted by Crippen LogP contribution is -2.31. The van der Waals surface area contributed by atoms with Gasteiger partial charge in [-0.2, -0.15) is 0 Å². The van der Waals surface area contributed by atoms with Crippen LogP contribution >= 0.6 is 11.3 Å². The van der Waals surface area contributed by atoms with E-state index in [-0.39, 0.29) is 5.91 Å². The summed E-state index contributed by atoms with van der Waals surface area (Å²) in [5, 5.41) is 11.9. The third-order valence-electron chi connectivity index (χ3n) is 4.86. The zero-order chi connectivity index (χ0) is 19.5. The van der Waals surface area contributed by atoms with Crippen LogP contribution in [0.4, 0.5) is 11.4 Å². The zero-order valence-electron chi connectivity index (χ0n) is 15.8. The Morgan fingerprint density at radius 1 is 1.18 bits per heavy atom. The summed E-state index contributed by atoms with van der Waals surface area (Å²) in [6.07, 6.45) is 0.846. The lowest BCUT2D eigenvalue weighted by molar-refractivity contribution is 0.0946. The quantitative estimate of drug-likeness (QED) is 0.542. The van der Waals surface area contributed by atoms with Crippen molar-refractivity contribution in [2.24, 2.45) is 0 Å². The topological polar surface area (TPSA) is 53.2 Å². The Kier molecular flexibility index (Phi) is 5.17. The molecule has 3 aromatic rings. The molecule has 142 valence electrons. The molecule has 4 nitrogen and oxygen atoms in total. The molecule has 1 aliphatic rings. The van der Waals surface area contributed by atoms with Crippen LogP contribution in [0.25, 0.3) is 16.1 Å². The van der Waals surface area contributed by atoms with E-state index in [0.29, 0.717) is 6.54 Å². The van der Waals surface area contributed by atoms with Crippen molar-refractivity contribution < 1.29 is 4.79 Å². The number of hydrogen-bond donors (Lipinski definition) is 3. The van der Waals surface area contributed by atoms with Gasteiger partial charge in [0.05, 0.1) is 11.4 Å². The maximum absolute atomic E-state index is 12.0. The Hall–Kier alpha value is -3.05. The first kappa shape index (κ1) is 18.3. The van der Waals surface area contributed by atoms with Gasteiger partial charge in [-0.05, 0) is 65.7 Å². The highest BCUT2D eigenvalue weighted by molar-refractivity contribution is 7.13. The fraction of sp³-hybridized carbons (Fsp3) is 0.174. The van der Waals surface area contributed by atoms with Crippen LogP contribution in [0.15, 0.2) is 60.5 Å². The lowest BCUT2D eigenvalue weighted by atomic mass is 9.97. The summed E-state index contributed by atoms with van der Waals surface area (Å²) in [5.74, 6) is 0.00412. The monoisotopic (exact) mass is 389 g/mol. The number of benzene rings is 2. The molecule has 3 N–H and O–H groups in total. The Morgan fingerprint density at radius 3 is 2.86 bits per heavy atom. The number of nitrogens with one attached hydrogen (secondary N) is 3. The molecular formula is C23H23N3OS. The fourth-order valence-electron chi connectivity index (χ4n) is 3.44. The van der Waals surface area contributed by atoms with Gasteiger partial charge in [0, 0.05) is 29.2 Å². The number of carbonyl (C=O) groups excluding carboxylic acids is 1. The fourth-order valence-corrected chi connectivity index (χ4v) is 4.16. The summed E-state index contributed by atoms with van der Waals surface area (Å²) in [4.78, 5) is 13.2. The van der Waals surface area contributed by atoms with Crippen LogP contribution in [0.3, 0.4) is 0 Å². The Morgan fingerprint density at radius 2 is 2.07 bits per heavy atom. The highest BCUT2D eigenvalue weighted by Crippen LogP contribution is 2.33. The number of hydrogen-bond acceptors (Lipinski definition) is 4. The molecule has 0 saturated carbocycles. The molecule has 1 amide bonds. The summed E-state index contributed by atoms with van der Waals surface area (Å²) in [7, 11) is 0. The standard InChI is InChI=1S/C23H23N3OS/c1-3-24-20-9-7-18(22-5-4-12-28-22)14-21(20)26-15(2)16-6-8-19-17(13-16)10-11-25-23(19)27/h4-9,12-14,24,26H,2-3,10-11H2,1H3,(H,25,27). The molecule has 0 spiro atoms. The van der Waals surface area contributed by atoms with Crippen LogP contribution < -0.4 is 16.0 Å². The van der Waals surface area contributed by atoms with Crippen molar-refractivity contribution in [3.63, 3.8) is 0 Å². The third kappa shape index (κ3) is 3.66. The van der Waals surface area contributed by atoms with Crippen LogP contribution in [0, 0.1) is 0 Å². The highest BCUT2D eigenvalue weighted by atomic mass is 32.1. The van der Waals surface area contributed by atoms with E-state index in [4.69, 9.17) is 0 Å². The van der Waals surface area contributed by atoms with E-state index in [2.05, 4.69) is 71.2 Å². The largest absolute Gasteiger partial charge is 0.384 e. The molecule has 2 aromatic carbocycles. The highest BCUT2D eigenvalue weighted by Gasteiger charge is 2.17. The van der Waals surface area contributed by atoms with Gasteiger partial charge in [-0.25, -0.2) is 0 Å². The molecule has 0 aliphatic carbocycles. The molecule has 0 fully saturated rings. The summed E-state index contributed by atoms with van der Waals surface area (Å²) in [6.45, 7) is 7.85. The molecule has 0 bridgehead atoms. The SMILES string of the molecule is C=C(Nc1cc(-c2cccs2)ccc1NCC)c1ccc2c(c1)CCNC2=O. The number of thiophene rings is 1. The van der Waals surface area contributed by atoms with Crippen molar-refractivity contribution >= 4 is 34.3 Å². The van der Waals surface area contributed by atoms with Crippen LogP contribution in [-0.2, 0) is 6.42 Å². The average Bonchev–Trinajstić information content (AvgIpc) is 3.24. The van der Waals surface area contributed by atoms with Crippen molar-refractivity contribution in [3.8, 4) is 10.4 Å². The number of rotatable bonds is 6. The molecule has 0 atom stereocenters. The summed E-state index contributed by atoms with van der Waals surface area (Å²) in [6, 6.07) is 16.5. The molecule has 4 rings (SSSR count). The van der Waals surface area contributed by atoms with Crippen molar-refractivity contribution in [2.45, 2.75) is 13.3 Å². The third-order valence-corrected chi connectivity index (χ3v) is 5.78. The Balaban J connectivity index is 1.63. The first-order valence-electron chi connectivity index (χ1n) is 9.45. The van der Waals surface area contributed by atoms with Crippen LogP contribution in [0.2, 0.25) is 0 Å². The minimum atomic E-state index is 0.00412. The lowest BCUT2D eigenvalue weighted by Gasteiger charge is -2.19. The maximum Gasteiger partial charge on any atom is 0.251 e. The molecule has 0 unspecified atom stereocenters. The first-order chi connectivity index (χ1) is 13.7. The first-order valence-corrected chi connectivity index (χ1v) is 10.3. The molecular weight excluding hydrogens is 366 g/mol. The van der Waals surface area contributed by atoms with E-state index in [0.717, 1.165) is 46.7 Å². The van der Waals surface area contributed by atoms with Gasteiger partial charge >= 0.3 is 0 Å². The smallest absolute Gasteiger partial charge is 0.251 e. The Labute approximate surface area is 169 Å². The molecule has 0 radical (unpaired) electrons. The van der Waals surface area contributed by atoms with E-state index in [1.54, 1.807) is 11.3 Å². The van der Waals surface area contributed by atoms with E-state index >= 15 is 0 Å². The van der Waals surface area contributed by atoms with Crippen molar-refractivity contribution in [1.29, 1.82) is 0 Å². The molecule has 1 aromatic heterocycles. The summed E-state index contributed by atoms with van der Waals surface area (Å²) >= 11 is 1.73. The molecule has 1 aliphatic heterocycles. The zero-order valence-corrected chi connectivity index (χ0v) is 16.7. The molecule has 28 heavy (non-hydrogen) atoms. The van der Waals surface area contributed by atoms with Crippen LogP contribution in [-0.4, -0.2) is 19.0 Å². The molecule has 5 heteroatoms. The predicted molar refractivity (Wildman–Crippen MR) is 119 cm³/mol. The van der Waals surface area contributed by atoms with Gasteiger partial charge in [-0.15, -0.1) is 11.3 Å².